The van der Waals surface area contributed by atoms with Crippen LogP contribution in [-0.2, 0) is 0 Å². The summed E-state index contributed by atoms with van der Waals surface area (Å²) in [7, 11) is 0. The van der Waals surface area contributed by atoms with E-state index in [0.717, 1.165) is 23.7 Å². The highest BCUT2D eigenvalue weighted by atomic mass is 32.2. The van der Waals surface area contributed by atoms with Gasteiger partial charge in [0.25, 0.3) is 0 Å². The topological polar surface area (TPSA) is 0 Å². The first-order chi connectivity index (χ1) is 9.33. The fourth-order valence-electron chi connectivity index (χ4n) is 4.49. The molecule has 0 aromatic heterocycles. The molecule has 0 aromatic rings. The lowest BCUT2D eigenvalue weighted by Crippen LogP contribution is -2.25. The Labute approximate surface area is 123 Å². The Morgan fingerprint density at radius 1 is 0.895 bits per heavy atom. The number of allylic oxidation sites excluding steroid dienone is 2. The van der Waals surface area contributed by atoms with Crippen LogP contribution in [0.2, 0.25) is 0 Å². The van der Waals surface area contributed by atoms with Gasteiger partial charge >= 0.3 is 0 Å². The van der Waals surface area contributed by atoms with Gasteiger partial charge in [0.1, 0.15) is 0 Å². The smallest absolute Gasteiger partial charge is 0.00203 e. The Hall–Kier alpha value is 0.0900. The lowest BCUT2D eigenvalue weighted by Gasteiger charge is -2.38. The van der Waals surface area contributed by atoms with Gasteiger partial charge in [-0.2, -0.15) is 0 Å². The maximum Gasteiger partial charge on any atom is -0.00203 e. The second-order valence-electron chi connectivity index (χ2n) is 7.23. The summed E-state index contributed by atoms with van der Waals surface area (Å²) in [5.41, 5.74) is 0. The van der Waals surface area contributed by atoms with Crippen LogP contribution in [0.3, 0.4) is 0 Å². The standard InChI is InChI=1S/C18H30S/c1-14-5-7-15(8-6-14)16-9-11-17(12-10-16)18-4-2-3-13-19-18/h4,14-17H,2-3,5-13H2,1H3. The zero-order chi connectivity index (χ0) is 13.1. The third kappa shape index (κ3) is 3.60. The molecule has 108 valence electrons. The molecule has 0 bridgehead atoms. The molecule has 1 heterocycles. The van der Waals surface area contributed by atoms with Crippen molar-refractivity contribution in [2.45, 2.75) is 71.1 Å². The highest BCUT2D eigenvalue weighted by Crippen LogP contribution is 2.45. The van der Waals surface area contributed by atoms with Crippen LogP contribution in [0.15, 0.2) is 11.0 Å². The van der Waals surface area contributed by atoms with E-state index < -0.39 is 0 Å². The summed E-state index contributed by atoms with van der Waals surface area (Å²) in [5.74, 6) is 5.51. The summed E-state index contributed by atoms with van der Waals surface area (Å²) < 4.78 is 0. The first kappa shape index (κ1) is 14.0. The van der Waals surface area contributed by atoms with Gasteiger partial charge in [0, 0.05) is 0 Å². The van der Waals surface area contributed by atoms with Gasteiger partial charge < -0.3 is 0 Å². The highest BCUT2D eigenvalue weighted by molar-refractivity contribution is 8.03. The van der Waals surface area contributed by atoms with E-state index in [1.54, 1.807) is 4.91 Å². The normalized spacial score (nSPS) is 40.8. The van der Waals surface area contributed by atoms with Gasteiger partial charge in [0.2, 0.25) is 0 Å². The van der Waals surface area contributed by atoms with Crippen LogP contribution < -0.4 is 0 Å². The first-order valence-corrected chi connectivity index (χ1v) is 9.64. The van der Waals surface area contributed by atoms with E-state index in [1.807, 2.05) is 0 Å². The van der Waals surface area contributed by atoms with E-state index in [1.165, 1.54) is 70.0 Å². The van der Waals surface area contributed by atoms with Gasteiger partial charge in [-0.15, -0.1) is 11.8 Å². The highest BCUT2D eigenvalue weighted by Gasteiger charge is 2.31. The zero-order valence-corrected chi connectivity index (χ0v) is 13.4. The van der Waals surface area contributed by atoms with Gasteiger partial charge in [-0.25, -0.2) is 0 Å². The molecule has 1 heteroatoms. The summed E-state index contributed by atoms with van der Waals surface area (Å²) >= 11 is 2.17. The Bertz CT molecular complexity index is 304. The van der Waals surface area contributed by atoms with E-state index in [9.17, 15) is 0 Å². The lowest BCUT2D eigenvalue weighted by atomic mass is 9.69. The Balaban J connectivity index is 1.48. The molecule has 0 radical (unpaired) electrons. The third-order valence-electron chi connectivity index (χ3n) is 5.86. The van der Waals surface area contributed by atoms with E-state index in [2.05, 4.69) is 24.8 Å². The lowest BCUT2D eigenvalue weighted by molar-refractivity contribution is 0.159. The molecule has 19 heavy (non-hydrogen) atoms. The summed E-state index contributed by atoms with van der Waals surface area (Å²) in [6, 6.07) is 0. The molecule has 3 rings (SSSR count). The minimum absolute atomic E-state index is 0.948. The number of hydrogen-bond donors (Lipinski definition) is 0. The molecule has 0 atom stereocenters. The van der Waals surface area contributed by atoms with Gasteiger partial charge in [-0.05, 0) is 85.7 Å². The van der Waals surface area contributed by atoms with Crippen molar-refractivity contribution in [1.82, 2.24) is 0 Å². The van der Waals surface area contributed by atoms with Gasteiger partial charge in [-0.3, -0.25) is 0 Å². The summed E-state index contributed by atoms with van der Waals surface area (Å²) in [6.07, 6.45) is 17.4. The molecule has 2 saturated carbocycles. The average Bonchev–Trinajstić information content (AvgIpc) is 2.49. The predicted molar refractivity (Wildman–Crippen MR) is 86.3 cm³/mol. The van der Waals surface area contributed by atoms with Crippen molar-refractivity contribution >= 4 is 11.8 Å². The molecule has 0 saturated heterocycles. The summed E-state index contributed by atoms with van der Waals surface area (Å²) in [5, 5.41) is 0. The van der Waals surface area contributed by atoms with Crippen molar-refractivity contribution in [3.63, 3.8) is 0 Å². The van der Waals surface area contributed by atoms with Crippen LogP contribution in [0.5, 0.6) is 0 Å². The van der Waals surface area contributed by atoms with Crippen molar-refractivity contribution < 1.29 is 0 Å². The van der Waals surface area contributed by atoms with Crippen LogP contribution in [0, 0.1) is 23.7 Å². The van der Waals surface area contributed by atoms with Gasteiger partial charge in [0.15, 0.2) is 0 Å². The molecule has 0 nitrogen and oxygen atoms in total. The number of rotatable bonds is 2. The largest absolute Gasteiger partial charge is 0.131 e. The molecular formula is C18H30S. The van der Waals surface area contributed by atoms with Crippen molar-refractivity contribution in [3.05, 3.63) is 11.0 Å². The van der Waals surface area contributed by atoms with Crippen LogP contribution >= 0.6 is 11.8 Å². The molecule has 2 fully saturated rings. The van der Waals surface area contributed by atoms with E-state index >= 15 is 0 Å². The number of thioether (sulfide) groups is 1. The van der Waals surface area contributed by atoms with Gasteiger partial charge in [-0.1, -0.05) is 25.8 Å². The quantitative estimate of drug-likeness (QED) is 0.594. The first-order valence-electron chi connectivity index (χ1n) is 8.66. The zero-order valence-electron chi connectivity index (χ0n) is 12.6. The molecule has 2 aliphatic carbocycles. The van der Waals surface area contributed by atoms with E-state index in [0.29, 0.717) is 0 Å². The molecule has 0 N–H and O–H groups in total. The second kappa shape index (κ2) is 6.70. The van der Waals surface area contributed by atoms with Crippen LogP contribution in [-0.4, -0.2) is 5.75 Å². The van der Waals surface area contributed by atoms with Crippen molar-refractivity contribution in [2.24, 2.45) is 23.7 Å². The monoisotopic (exact) mass is 278 g/mol. The van der Waals surface area contributed by atoms with E-state index in [4.69, 9.17) is 0 Å². The molecule has 0 spiro atoms. The predicted octanol–water partition coefficient (Wildman–Crippen LogP) is 6.03. The van der Waals surface area contributed by atoms with Crippen molar-refractivity contribution in [2.75, 3.05) is 5.75 Å². The fourth-order valence-corrected chi connectivity index (χ4v) is 5.75. The SMILES string of the molecule is CC1CCC(C2CCC(C3=CCCCS3)CC2)CC1. The van der Waals surface area contributed by atoms with Crippen LogP contribution in [0.25, 0.3) is 0 Å². The average molecular weight is 279 g/mol. The summed E-state index contributed by atoms with van der Waals surface area (Å²) in [4.78, 5) is 1.77. The van der Waals surface area contributed by atoms with E-state index in [-0.39, 0.29) is 0 Å². The molecular weight excluding hydrogens is 248 g/mol. The summed E-state index contributed by atoms with van der Waals surface area (Å²) in [6.45, 7) is 2.44. The Morgan fingerprint density at radius 3 is 2.11 bits per heavy atom. The van der Waals surface area contributed by atoms with Crippen LogP contribution in [0.1, 0.15) is 71.1 Å². The fraction of sp³-hybridized carbons (Fsp3) is 0.889. The molecule has 0 unspecified atom stereocenters. The number of hydrogen-bond acceptors (Lipinski definition) is 1. The van der Waals surface area contributed by atoms with Crippen LogP contribution in [0.4, 0.5) is 0 Å². The van der Waals surface area contributed by atoms with Gasteiger partial charge in [0.05, 0.1) is 0 Å². The minimum atomic E-state index is 0.948. The maximum atomic E-state index is 2.56. The minimum Gasteiger partial charge on any atom is -0.131 e. The molecule has 0 aromatic carbocycles. The molecule has 0 amide bonds. The molecule has 3 aliphatic rings. The third-order valence-corrected chi connectivity index (χ3v) is 7.19. The maximum absolute atomic E-state index is 2.56. The molecule has 1 aliphatic heterocycles. The van der Waals surface area contributed by atoms with Crippen molar-refractivity contribution in [3.8, 4) is 0 Å². The Morgan fingerprint density at radius 2 is 1.53 bits per heavy atom. The van der Waals surface area contributed by atoms with Crippen molar-refractivity contribution in [1.29, 1.82) is 0 Å². The Kier molecular flexibility index (Phi) is 4.95. The second-order valence-corrected chi connectivity index (χ2v) is 8.40.